The molecule has 0 saturated carbocycles. The Morgan fingerprint density at radius 3 is 2.50 bits per heavy atom. The highest BCUT2D eigenvalue weighted by atomic mass is 35.5. The van der Waals surface area contributed by atoms with E-state index in [0.717, 1.165) is 31.5 Å². The summed E-state index contributed by atoms with van der Waals surface area (Å²) in [5, 5.41) is 3.91. The van der Waals surface area contributed by atoms with Gasteiger partial charge in [0.2, 0.25) is 0 Å². The molecule has 1 fully saturated rings. The van der Waals surface area contributed by atoms with E-state index >= 15 is 0 Å². The normalized spacial score (nSPS) is 16.0. The summed E-state index contributed by atoms with van der Waals surface area (Å²) in [6.45, 7) is 3.48. The van der Waals surface area contributed by atoms with Gasteiger partial charge < -0.3 is 15.2 Å². The Bertz CT molecular complexity index is 641. The minimum atomic E-state index is -0.0767. The molecular formula is C16H22Cl2N4O2. The number of likely N-dealkylation sites (tertiary alicyclic amines) is 1. The molecule has 132 valence electrons. The van der Waals surface area contributed by atoms with Gasteiger partial charge in [0.25, 0.3) is 5.91 Å². The van der Waals surface area contributed by atoms with Gasteiger partial charge in [-0.2, -0.15) is 0 Å². The van der Waals surface area contributed by atoms with E-state index in [4.69, 9.17) is 10.3 Å². The lowest BCUT2D eigenvalue weighted by Gasteiger charge is -2.33. The summed E-state index contributed by atoms with van der Waals surface area (Å²) in [5.74, 6) is 0.997. The fourth-order valence-corrected chi connectivity index (χ4v) is 2.82. The van der Waals surface area contributed by atoms with Crippen molar-refractivity contribution in [1.29, 1.82) is 0 Å². The van der Waals surface area contributed by atoms with Gasteiger partial charge in [0.1, 0.15) is 0 Å². The second kappa shape index (κ2) is 9.01. The van der Waals surface area contributed by atoms with Crippen LogP contribution in [0.1, 0.15) is 30.3 Å². The zero-order chi connectivity index (χ0) is 15.5. The molecule has 3 heterocycles. The summed E-state index contributed by atoms with van der Waals surface area (Å²) in [4.78, 5) is 18.3. The van der Waals surface area contributed by atoms with Crippen molar-refractivity contribution in [2.24, 2.45) is 11.7 Å². The molecule has 0 bridgehead atoms. The van der Waals surface area contributed by atoms with Crippen LogP contribution in [0, 0.1) is 5.92 Å². The summed E-state index contributed by atoms with van der Waals surface area (Å²) >= 11 is 0. The Hall–Kier alpha value is -1.63. The van der Waals surface area contributed by atoms with Gasteiger partial charge in [-0.15, -0.1) is 24.8 Å². The average molecular weight is 373 g/mol. The number of nitrogens with zero attached hydrogens (tertiary/aromatic N) is 3. The lowest BCUT2D eigenvalue weighted by Crippen LogP contribution is -2.42. The number of nitrogens with two attached hydrogens (primary N) is 1. The van der Waals surface area contributed by atoms with Crippen LogP contribution in [0.25, 0.3) is 11.3 Å². The molecular weight excluding hydrogens is 351 g/mol. The van der Waals surface area contributed by atoms with Gasteiger partial charge in [-0.3, -0.25) is 9.78 Å². The molecule has 1 saturated heterocycles. The standard InChI is InChI=1S/C16H20N4O2.2ClH/c1-11(17)12-4-8-20(9-5-12)16(21)14-10-15(22-19-14)13-2-6-18-7-3-13;;/h2-3,6-7,10-12H,4-5,8-9,17H2,1H3;2*1H. The maximum absolute atomic E-state index is 12.5. The fourth-order valence-electron chi connectivity index (χ4n) is 2.82. The minimum absolute atomic E-state index is 0. The third-order valence-electron chi connectivity index (χ3n) is 4.26. The summed E-state index contributed by atoms with van der Waals surface area (Å²) in [7, 11) is 0. The lowest BCUT2D eigenvalue weighted by atomic mass is 9.91. The monoisotopic (exact) mass is 372 g/mol. The van der Waals surface area contributed by atoms with E-state index < -0.39 is 0 Å². The number of carbonyl (C=O) groups is 1. The molecule has 1 amide bonds. The van der Waals surface area contributed by atoms with Gasteiger partial charge in [-0.1, -0.05) is 5.16 Å². The predicted octanol–water partition coefficient (Wildman–Crippen LogP) is 2.78. The van der Waals surface area contributed by atoms with E-state index in [0.29, 0.717) is 17.4 Å². The number of pyridine rings is 1. The van der Waals surface area contributed by atoms with Crippen LogP contribution in [0.5, 0.6) is 0 Å². The molecule has 0 radical (unpaired) electrons. The number of piperidine rings is 1. The van der Waals surface area contributed by atoms with Crippen molar-refractivity contribution in [3.63, 3.8) is 0 Å². The molecule has 2 aromatic rings. The van der Waals surface area contributed by atoms with Crippen LogP contribution in [0.15, 0.2) is 35.1 Å². The predicted molar refractivity (Wildman–Crippen MR) is 96.5 cm³/mol. The number of hydrogen-bond donors (Lipinski definition) is 1. The van der Waals surface area contributed by atoms with Crippen molar-refractivity contribution < 1.29 is 9.32 Å². The van der Waals surface area contributed by atoms with Crippen LogP contribution in [-0.2, 0) is 0 Å². The fraction of sp³-hybridized carbons (Fsp3) is 0.438. The zero-order valence-electron chi connectivity index (χ0n) is 13.4. The van der Waals surface area contributed by atoms with Crippen LogP contribution >= 0.6 is 24.8 Å². The van der Waals surface area contributed by atoms with Crippen LogP contribution in [0.3, 0.4) is 0 Å². The molecule has 1 aliphatic heterocycles. The summed E-state index contributed by atoms with van der Waals surface area (Å²) in [5.41, 5.74) is 7.14. The molecule has 24 heavy (non-hydrogen) atoms. The number of hydrogen-bond acceptors (Lipinski definition) is 5. The first kappa shape index (κ1) is 20.4. The Kier molecular flexibility index (Phi) is 7.66. The summed E-state index contributed by atoms with van der Waals surface area (Å²) in [6.07, 6.45) is 5.24. The van der Waals surface area contributed by atoms with Crippen LogP contribution < -0.4 is 5.73 Å². The van der Waals surface area contributed by atoms with Crippen molar-refractivity contribution in [2.75, 3.05) is 13.1 Å². The highest BCUT2D eigenvalue weighted by Crippen LogP contribution is 2.23. The molecule has 1 atom stereocenters. The van der Waals surface area contributed by atoms with Gasteiger partial charge in [0.05, 0.1) is 0 Å². The van der Waals surface area contributed by atoms with Crippen LogP contribution in [0.2, 0.25) is 0 Å². The maximum atomic E-state index is 12.5. The summed E-state index contributed by atoms with van der Waals surface area (Å²) < 4.78 is 5.28. The smallest absolute Gasteiger partial charge is 0.276 e. The minimum Gasteiger partial charge on any atom is -0.355 e. The first-order chi connectivity index (χ1) is 10.6. The van der Waals surface area contributed by atoms with Crippen molar-refractivity contribution in [3.05, 3.63) is 36.3 Å². The van der Waals surface area contributed by atoms with Gasteiger partial charge in [0.15, 0.2) is 11.5 Å². The number of aromatic nitrogens is 2. The second-order valence-electron chi connectivity index (χ2n) is 5.80. The van der Waals surface area contributed by atoms with Crippen molar-refractivity contribution in [3.8, 4) is 11.3 Å². The van der Waals surface area contributed by atoms with Crippen molar-refractivity contribution in [1.82, 2.24) is 15.0 Å². The largest absolute Gasteiger partial charge is 0.355 e. The molecule has 2 aromatic heterocycles. The van der Waals surface area contributed by atoms with E-state index in [-0.39, 0.29) is 36.8 Å². The number of rotatable bonds is 3. The molecule has 2 N–H and O–H groups in total. The lowest BCUT2D eigenvalue weighted by molar-refractivity contribution is 0.0670. The first-order valence-electron chi connectivity index (χ1n) is 7.57. The van der Waals surface area contributed by atoms with Crippen molar-refractivity contribution in [2.45, 2.75) is 25.8 Å². The Morgan fingerprint density at radius 1 is 1.29 bits per heavy atom. The van der Waals surface area contributed by atoms with E-state index in [9.17, 15) is 4.79 Å². The molecule has 6 nitrogen and oxygen atoms in total. The molecule has 0 spiro atoms. The van der Waals surface area contributed by atoms with Gasteiger partial charge in [-0.05, 0) is 37.8 Å². The number of halogens is 2. The molecule has 1 unspecified atom stereocenters. The zero-order valence-corrected chi connectivity index (χ0v) is 15.1. The molecule has 0 aliphatic carbocycles. The van der Waals surface area contributed by atoms with Crippen LogP contribution in [-0.4, -0.2) is 40.1 Å². The number of carbonyl (C=O) groups excluding carboxylic acids is 1. The van der Waals surface area contributed by atoms with Gasteiger partial charge in [-0.25, -0.2) is 0 Å². The second-order valence-corrected chi connectivity index (χ2v) is 5.80. The topological polar surface area (TPSA) is 85.2 Å². The average Bonchev–Trinajstić information content (AvgIpc) is 3.05. The quantitative estimate of drug-likeness (QED) is 0.894. The first-order valence-corrected chi connectivity index (χ1v) is 7.57. The van der Waals surface area contributed by atoms with Gasteiger partial charge in [0, 0.05) is 43.2 Å². The SMILES string of the molecule is CC(N)C1CCN(C(=O)c2cc(-c3ccncc3)on2)CC1.Cl.Cl. The van der Waals surface area contributed by atoms with E-state index in [1.54, 1.807) is 18.5 Å². The third-order valence-corrected chi connectivity index (χ3v) is 4.26. The molecule has 3 rings (SSSR count). The summed E-state index contributed by atoms with van der Waals surface area (Å²) in [6, 6.07) is 5.52. The van der Waals surface area contributed by atoms with E-state index in [2.05, 4.69) is 10.1 Å². The maximum Gasteiger partial charge on any atom is 0.276 e. The Morgan fingerprint density at radius 2 is 1.92 bits per heavy atom. The Balaban J connectivity index is 0.00000144. The van der Waals surface area contributed by atoms with E-state index in [1.807, 2.05) is 24.0 Å². The van der Waals surface area contributed by atoms with Crippen LogP contribution in [0.4, 0.5) is 0 Å². The highest BCUT2D eigenvalue weighted by molar-refractivity contribution is 5.93. The molecule has 8 heteroatoms. The van der Waals surface area contributed by atoms with Crippen molar-refractivity contribution >= 4 is 30.7 Å². The molecule has 0 aromatic carbocycles. The number of amides is 1. The highest BCUT2D eigenvalue weighted by Gasteiger charge is 2.27. The third kappa shape index (κ3) is 4.47. The van der Waals surface area contributed by atoms with E-state index in [1.165, 1.54) is 0 Å². The van der Waals surface area contributed by atoms with Gasteiger partial charge >= 0.3 is 0 Å². The molecule has 1 aliphatic rings. The Labute approximate surface area is 153 Å².